The van der Waals surface area contributed by atoms with E-state index in [1.165, 1.54) is 13.5 Å². The van der Waals surface area contributed by atoms with Crippen LogP contribution in [-0.4, -0.2) is 45.5 Å². The fourth-order valence-corrected chi connectivity index (χ4v) is 5.05. The second-order valence-electron chi connectivity index (χ2n) is 7.25. The van der Waals surface area contributed by atoms with Crippen LogP contribution in [0.3, 0.4) is 0 Å². The van der Waals surface area contributed by atoms with Gasteiger partial charge in [0.2, 0.25) is 5.91 Å². The molecule has 1 atom stereocenters. The molecule has 1 saturated heterocycles. The maximum atomic E-state index is 12.3. The molecular formula is C20H30N2O6S. The van der Waals surface area contributed by atoms with Gasteiger partial charge in [0, 0.05) is 12.0 Å². The lowest BCUT2D eigenvalue weighted by atomic mass is 10.1. The van der Waals surface area contributed by atoms with Gasteiger partial charge < -0.3 is 9.47 Å². The molecule has 29 heavy (non-hydrogen) atoms. The maximum Gasteiger partial charge on any atom is 0.269 e. The Morgan fingerprint density at radius 3 is 2.59 bits per heavy atom. The molecular weight excluding hydrogens is 396 g/mol. The molecule has 1 aromatic rings. The summed E-state index contributed by atoms with van der Waals surface area (Å²) in [6, 6.07) is 4.81. The van der Waals surface area contributed by atoms with Crippen molar-refractivity contribution in [2.24, 2.45) is 5.92 Å². The minimum Gasteiger partial charge on any atom is -0.493 e. The Morgan fingerprint density at radius 2 is 1.93 bits per heavy atom. The third-order valence-corrected chi connectivity index (χ3v) is 6.63. The summed E-state index contributed by atoms with van der Waals surface area (Å²) in [5.74, 6) is 0.0216. The first-order valence-corrected chi connectivity index (χ1v) is 11.8. The number of ether oxygens (including phenoxy) is 2. The zero-order chi connectivity index (χ0) is 21.3. The number of rotatable bonds is 10. The molecule has 1 fully saturated rings. The number of carbonyl (C=O) groups excluding carboxylic acids is 2. The number of hydrogen-bond acceptors (Lipinski definition) is 6. The second-order valence-corrected chi connectivity index (χ2v) is 9.48. The SMILES string of the molecule is CCCCCCOc1ccc(C(=O)NNC(=O)CC2CCS(=O)(=O)C2)cc1OC. The minimum atomic E-state index is -3.03. The Morgan fingerprint density at radius 1 is 1.14 bits per heavy atom. The Hall–Kier alpha value is -2.29. The van der Waals surface area contributed by atoms with E-state index in [0.717, 1.165) is 19.3 Å². The standard InChI is InChI=1S/C20H30N2O6S/c1-3-4-5-6-10-28-17-8-7-16(13-18(17)27-2)20(24)22-21-19(23)12-15-9-11-29(25,26)14-15/h7-8,13,15H,3-6,9-12,14H2,1-2H3,(H,21,23)(H,22,24). The fourth-order valence-electron chi connectivity index (χ4n) is 3.18. The molecule has 0 bridgehead atoms. The van der Waals surface area contributed by atoms with Crippen LogP contribution in [0.2, 0.25) is 0 Å². The van der Waals surface area contributed by atoms with Gasteiger partial charge in [-0.1, -0.05) is 26.2 Å². The third-order valence-electron chi connectivity index (χ3n) is 4.80. The molecule has 0 aliphatic carbocycles. The number of sulfone groups is 1. The van der Waals surface area contributed by atoms with Crippen LogP contribution in [0.25, 0.3) is 0 Å². The second kappa shape index (κ2) is 11.0. The molecule has 0 spiro atoms. The summed E-state index contributed by atoms with van der Waals surface area (Å²) in [7, 11) is -1.53. The van der Waals surface area contributed by atoms with Gasteiger partial charge in [-0.2, -0.15) is 0 Å². The predicted molar refractivity (Wildman–Crippen MR) is 110 cm³/mol. The highest BCUT2D eigenvalue weighted by molar-refractivity contribution is 7.91. The summed E-state index contributed by atoms with van der Waals surface area (Å²) >= 11 is 0. The van der Waals surface area contributed by atoms with Crippen LogP contribution in [0.1, 0.15) is 55.8 Å². The maximum absolute atomic E-state index is 12.3. The van der Waals surface area contributed by atoms with Crippen LogP contribution in [0.5, 0.6) is 11.5 Å². The van der Waals surface area contributed by atoms with E-state index >= 15 is 0 Å². The van der Waals surface area contributed by atoms with Gasteiger partial charge in [-0.15, -0.1) is 0 Å². The lowest BCUT2D eigenvalue weighted by Gasteiger charge is -2.13. The Bertz CT molecular complexity index is 809. The summed E-state index contributed by atoms with van der Waals surface area (Å²) in [6.07, 6.45) is 4.92. The molecule has 0 aromatic heterocycles. The highest BCUT2D eigenvalue weighted by Crippen LogP contribution is 2.28. The smallest absolute Gasteiger partial charge is 0.269 e. The molecule has 0 saturated carbocycles. The van der Waals surface area contributed by atoms with Gasteiger partial charge in [-0.3, -0.25) is 20.4 Å². The van der Waals surface area contributed by atoms with Crippen molar-refractivity contribution in [3.05, 3.63) is 23.8 Å². The summed E-state index contributed by atoms with van der Waals surface area (Å²) in [4.78, 5) is 24.2. The number of nitrogens with one attached hydrogen (secondary N) is 2. The van der Waals surface area contributed by atoms with Crippen LogP contribution in [0.15, 0.2) is 18.2 Å². The zero-order valence-corrected chi connectivity index (χ0v) is 17.8. The van der Waals surface area contributed by atoms with E-state index in [1.54, 1.807) is 18.2 Å². The predicted octanol–water partition coefficient (Wildman–Crippen LogP) is 2.24. The quantitative estimate of drug-likeness (QED) is 0.438. The van der Waals surface area contributed by atoms with Crippen LogP contribution in [-0.2, 0) is 14.6 Å². The van der Waals surface area contributed by atoms with Crippen molar-refractivity contribution in [1.29, 1.82) is 0 Å². The third kappa shape index (κ3) is 7.56. The Kier molecular flexibility index (Phi) is 8.75. The van der Waals surface area contributed by atoms with Crippen molar-refractivity contribution >= 4 is 21.7 Å². The fraction of sp³-hybridized carbons (Fsp3) is 0.600. The first-order chi connectivity index (χ1) is 13.8. The van der Waals surface area contributed by atoms with Crippen molar-refractivity contribution in [3.63, 3.8) is 0 Å². The molecule has 1 aliphatic rings. The molecule has 2 rings (SSSR count). The average molecular weight is 427 g/mol. The van der Waals surface area contributed by atoms with Crippen LogP contribution in [0, 0.1) is 5.92 Å². The van der Waals surface area contributed by atoms with E-state index in [4.69, 9.17) is 9.47 Å². The van der Waals surface area contributed by atoms with Crippen molar-refractivity contribution in [1.82, 2.24) is 10.9 Å². The van der Waals surface area contributed by atoms with Gasteiger partial charge in [0.05, 0.1) is 25.2 Å². The molecule has 1 unspecified atom stereocenters. The highest BCUT2D eigenvalue weighted by Gasteiger charge is 2.29. The number of benzene rings is 1. The molecule has 1 aliphatic heterocycles. The Labute approximate surface area is 172 Å². The van der Waals surface area contributed by atoms with Gasteiger partial charge in [0.15, 0.2) is 21.3 Å². The molecule has 2 N–H and O–H groups in total. The van der Waals surface area contributed by atoms with E-state index < -0.39 is 21.7 Å². The molecule has 2 amide bonds. The molecule has 162 valence electrons. The minimum absolute atomic E-state index is 0.0193. The van der Waals surface area contributed by atoms with Crippen LogP contribution in [0.4, 0.5) is 0 Å². The van der Waals surface area contributed by atoms with Gasteiger partial charge in [-0.05, 0) is 37.0 Å². The number of carbonyl (C=O) groups is 2. The first kappa shape index (κ1) is 23.0. The first-order valence-electron chi connectivity index (χ1n) is 9.95. The molecule has 0 radical (unpaired) electrons. The summed E-state index contributed by atoms with van der Waals surface area (Å²) in [5.41, 5.74) is 4.99. The van der Waals surface area contributed by atoms with E-state index in [9.17, 15) is 18.0 Å². The van der Waals surface area contributed by atoms with E-state index in [0.29, 0.717) is 30.1 Å². The largest absolute Gasteiger partial charge is 0.493 e. The molecule has 1 aromatic carbocycles. The summed E-state index contributed by atoms with van der Waals surface area (Å²) < 4.78 is 33.9. The summed E-state index contributed by atoms with van der Waals surface area (Å²) in [6.45, 7) is 2.73. The van der Waals surface area contributed by atoms with Gasteiger partial charge >= 0.3 is 0 Å². The van der Waals surface area contributed by atoms with E-state index in [-0.39, 0.29) is 23.8 Å². The van der Waals surface area contributed by atoms with Gasteiger partial charge in [-0.25, -0.2) is 8.42 Å². The van der Waals surface area contributed by atoms with Crippen molar-refractivity contribution in [3.8, 4) is 11.5 Å². The normalized spacial score (nSPS) is 17.5. The number of unbranched alkanes of at least 4 members (excludes halogenated alkanes) is 3. The number of hydrazine groups is 1. The van der Waals surface area contributed by atoms with Gasteiger partial charge in [0.25, 0.3) is 5.91 Å². The lowest BCUT2D eigenvalue weighted by molar-refractivity contribution is -0.122. The van der Waals surface area contributed by atoms with Crippen LogP contribution < -0.4 is 20.3 Å². The number of hydrogen-bond donors (Lipinski definition) is 2. The molecule has 9 heteroatoms. The van der Waals surface area contributed by atoms with Gasteiger partial charge in [0.1, 0.15) is 0 Å². The number of methoxy groups -OCH3 is 1. The van der Waals surface area contributed by atoms with E-state index in [2.05, 4.69) is 17.8 Å². The summed E-state index contributed by atoms with van der Waals surface area (Å²) in [5, 5.41) is 0. The van der Waals surface area contributed by atoms with Crippen molar-refractivity contribution < 1.29 is 27.5 Å². The number of amides is 2. The van der Waals surface area contributed by atoms with Crippen molar-refractivity contribution in [2.75, 3.05) is 25.2 Å². The monoisotopic (exact) mass is 426 g/mol. The van der Waals surface area contributed by atoms with E-state index in [1.807, 2.05) is 0 Å². The molecule has 1 heterocycles. The average Bonchev–Trinajstić information content (AvgIpc) is 3.04. The Balaban J connectivity index is 1.82. The topological polar surface area (TPSA) is 111 Å². The lowest BCUT2D eigenvalue weighted by Crippen LogP contribution is -2.42. The zero-order valence-electron chi connectivity index (χ0n) is 17.0. The van der Waals surface area contributed by atoms with Crippen molar-refractivity contribution in [2.45, 2.75) is 45.4 Å². The highest BCUT2D eigenvalue weighted by atomic mass is 32.2. The van der Waals surface area contributed by atoms with Crippen LogP contribution >= 0.6 is 0 Å². The molecule has 8 nitrogen and oxygen atoms in total.